The standard InChI is InChI=1S/C25H27FN4O2/c1-2-32-24-8-7-16(14-27-24)23-13-21(20-5-3-4-6-22(20)29-23)25(31)28-18-11-19(12-18)30-10-9-17(26)15-30/h3-8,13-14,17-19H,2,9-12,15H2,1H3,(H,28,31)/t17-,18?,19?/m0/s1. The summed E-state index contributed by atoms with van der Waals surface area (Å²) in [6.07, 6.45) is 3.38. The van der Waals surface area contributed by atoms with Crippen molar-refractivity contribution in [3.8, 4) is 17.1 Å². The molecule has 1 saturated carbocycles. The molecule has 3 heterocycles. The molecule has 1 aliphatic carbocycles. The molecular weight excluding hydrogens is 407 g/mol. The van der Waals surface area contributed by atoms with Crippen LogP contribution in [0.25, 0.3) is 22.2 Å². The molecule has 2 aliphatic rings. The van der Waals surface area contributed by atoms with E-state index >= 15 is 0 Å². The van der Waals surface area contributed by atoms with E-state index in [0.717, 1.165) is 35.9 Å². The highest BCUT2D eigenvalue weighted by Gasteiger charge is 2.38. The van der Waals surface area contributed by atoms with Gasteiger partial charge in [-0.15, -0.1) is 0 Å². The number of hydrogen-bond acceptors (Lipinski definition) is 5. The molecule has 1 N–H and O–H groups in total. The quantitative estimate of drug-likeness (QED) is 0.635. The van der Waals surface area contributed by atoms with Crippen molar-refractivity contribution in [1.29, 1.82) is 0 Å². The number of alkyl halides is 1. The Hall–Kier alpha value is -3.06. The second-order valence-electron chi connectivity index (χ2n) is 8.57. The summed E-state index contributed by atoms with van der Waals surface area (Å²) in [5, 5.41) is 3.99. The highest BCUT2D eigenvalue weighted by Crippen LogP contribution is 2.31. The third-order valence-electron chi connectivity index (χ3n) is 6.41. The predicted molar refractivity (Wildman–Crippen MR) is 122 cm³/mol. The van der Waals surface area contributed by atoms with Gasteiger partial charge in [0.05, 0.1) is 23.4 Å². The van der Waals surface area contributed by atoms with Gasteiger partial charge in [-0.05, 0) is 44.4 Å². The van der Waals surface area contributed by atoms with Crippen LogP contribution in [-0.4, -0.2) is 58.7 Å². The van der Waals surface area contributed by atoms with Crippen LogP contribution in [0.1, 0.15) is 36.5 Å². The summed E-state index contributed by atoms with van der Waals surface area (Å²) in [5.41, 5.74) is 2.89. The molecule has 1 atom stereocenters. The summed E-state index contributed by atoms with van der Waals surface area (Å²) in [5.74, 6) is 0.462. The molecule has 166 valence electrons. The molecule has 0 bridgehead atoms. The van der Waals surface area contributed by atoms with Crippen LogP contribution < -0.4 is 10.1 Å². The first-order valence-corrected chi connectivity index (χ1v) is 11.3. The van der Waals surface area contributed by atoms with Gasteiger partial charge in [0.15, 0.2) is 0 Å². The van der Waals surface area contributed by atoms with E-state index in [1.165, 1.54) is 0 Å². The third-order valence-corrected chi connectivity index (χ3v) is 6.41. The number of amides is 1. The van der Waals surface area contributed by atoms with E-state index in [1.54, 1.807) is 6.20 Å². The lowest BCUT2D eigenvalue weighted by Gasteiger charge is -2.41. The average Bonchev–Trinajstić information content (AvgIpc) is 3.21. The first-order valence-electron chi connectivity index (χ1n) is 11.3. The molecule has 0 spiro atoms. The fraction of sp³-hybridized carbons (Fsp3) is 0.400. The van der Waals surface area contributed by atoms with E-state index in [0.29, 0.717) is 42.8 Å². The van der Waals surface area contributed by atoms with Crippen LogP contribution in [0.4, 0.5) is 4.39 Å². The summed E-state index contributed by atoms with van der Waals surface area (Å²) in [6, 6.07) is 13.7. The number of rotatable bonds is 6. The average molecular weight is 435 g/mol. The van der Waals surface area contributed by atoms with E-state index in [9.17, 15) is 9.18 Å². The van der Waals surface area contributed by atoms with E-state index in [4.69, 9.17) is 9.72 Å². The lowest BCUT2D eigenvalue weighted by Crippen LogP contribution is -2.53. The summed E-state index contributed by atoms with van der Waals surface area (Å²) in [7, 11) is 0. The van der Waals surface area contributed by atoms with Gasteiger partial charge in [0.2, 0.25) is 5.88 Å². The molecular formula is C25H27FN4O2. The van der Waals surface area contributed by atoms with Gasteiger partial charge in [0.1, 0.15) is 6.17 Å². The fourth-order valence-electron chi connectivity index (χ4n) is 4.62. The lowest BCUT2D eigenvalue weighted by atomic mass is 9.85. The van der Waals surface area contributed by atoms with Crippen molar-refractivity contribution >= 4 is 16.8 Å². The first-order chi connectivity index (χ1) is 15.6. The van der Waals surface area contributed by atoms with Crippen LogP contribution in [-0.2, 0) is 0 Å². The summed E-state index contributed by atoms with van der Waals surface area (Å²) in [4.78, 5) is 24.5. The molecule has 7 heteroatoms. The second kappa shape index (κ2) is 8.82. The number of nitrogens with one attached hydrogen (secondary N) is 1. The fourth-order valence-corrected chi connectivity index (χ4v) is 4.62. The van der Waals surface area contributed by atoms with Crippen LogP contribution in [0.15, 0.2) is 48.7 Å². The number of carbonyl (C=O) groups is 1. The molecule has 1 amide bonds. The maximum Gasteiger partial charge on any atom is 0.252 e. The normalized spacial score (nSPS) is 23.1. The molecule has 5 rings (SSSR count). The number of fused-ring (bicyclic) bond motifs is 1. The lowest BCUT2D eigenvalue weighted by molar-refractivity contribution is 0.0807. The Morgan fingerprint density at radius 1 is 1.25 bits per heavy atom. The van der Waals surface area contributed by atoms with E-state index < -0.39 is 6.17 Å². The van der Waals surface area contributed by atoms with Gasteiger partial charge < -0.3 is 10.1 Å². The number of ether oxygens (including phenoxy) is 1. The highest BCUT2D eigenvalue weighted by molar-refractivity contribution is 6.07. The Balaban J connectivity index is 1.35. The Morgan fingerprint density at radius 2 is 2.09 bits per heavy atom. The van der Waals surface area contributed by atoms with Gasteiger partial charge in [0.25, 0.3) is 5.91 Å². The van der Waals surface area contributed by atoms with Crippen LogP contribution in [0.5, 0.6) is 5.88 Å². The largest absolute Gasteiger partial charge is 0.478 e. The van der Waals surface area contributed by atoms with Crippen LogP contribution in [0, 0.1) is 0 Å². The third kappa shape index (κ3) is 4.17. The molecule has 1 aromatic carbocycles. The zero-order valence-corrected chi connectivity index (χ0v) is 18.1. The molecule has 1 aliphatic heterocycles. The smallest absolute Gasteiger partial charge is 0.252 e. The van der Waals surface area contributed by atoms with Gasteiger partial charge in [-0.1, -0.05) is 18.2 Å². The summed E-state index contributed by atoms with van der Waals surface area (Å²) < 4.78 is 18.9. The molecule has 2 fully saturated rings. The zero-order valence-electron chi connectivity index (χ0n) is 18.1. The van der Waals surface area contributed by atoms with Crippen molar-refractivity contribution in [2.24, 2.45) is 0 Å². The van der Waals surface area contributed by atoms with Crippen molar-refractivity contribution in [2.75, 3.05) is 19.7 Å². The Morgan fingerprint density at radius 3 is 2.81 bits per heavy atom. The van der Waals surface area contributed by atoms with Crippen molar-refractivity contribution in [1.82, 2.24) is 20.2 Å². The van der Waals surface area contributed by atoms with Gasteiger partial charge in [0, 0.05) is 48.4 Å². The number of likely N-dealkylation sites (tertiary alicyclic amines) is 1. The minimum Gasteiger partial charge on any atom is -0.478 e. The minimum atomic E-state index is -0.706. The monoisotopic (exact) mass is 434 g/mol. The topological polar surface area (TPSA) is 67.3 Å². The van der Waals surface area contributed by atoms with Crippen molar-refractivity contribution < 1.29 is 13.9 Å². The Labute approximate surface area is 186 Å². The number of halogens is 1. The molecule has 3 aromatic rings. The maximum absolute atomic E-state index is 13.5. The van der Waals surface area contributed by atoms with E-state index in [1.807, 2.05) is 49.4 Å². The molecule has 0 unspecified atom stereocenters. The minimum absolute atomic E-state index is 0.100. The van der Waals surface area contributed by atoms with E-state index in [-0.39, 0.29) is 11.9 Å². The van der Waals surface area contributed by atoms with E-state index in [2.05, 4.69) is 15.2 Å². The van der Waals surface area contributed by atoms with Crippen LogP contribution in [0.2, 0.25) is 0 Å². The van der Waals surface area contributed by atoms with Crippen LogP contribution >= 0.6 is 0 Å². The summed E-state index contributed by atoms with van der Waals surface area (Å²) in [6.45, 7) is 3.82. The van der Waals surface area contributed by atoms with Gasteiger partial charge in [-0.2, -0.15) is 0 Å². The number of benzene rings is 1. The molecule has 0 radical (unpaired) electrons. The molecule has 2 aromatic heterocycles. The van der Waals surface area contributed by atoms with Gasteiger partial charge >= 0.3 is 0 Å². The number of aromatic nitrogens is 2. The highest BCUT2D eigenvalue weighted by atomic mass is 19.1. The number of carbonyl (C=O) groups excluding carboxylic acids is 1. The Bertz CT molecular complexity index is 1110. The number of nitrogens with zero attached hydrogens (tertiary/aromatic N) is 3. The second-order valence-corrected chi connectivity index (χ2v) is 8.57. The molecule has 32 heavy (non-hydrogen) atoms. The molecule has 6 nitrogen and oxygen atoms in total. The van der Waals surface area contributed by atoms with Crippen molar-refractivity contribution in [3.05, 3.63) is 54.2 Å². The van der Waals surface area contributed by atoms with Gasteiger partial charge in [-0.25, -0.2) is 14.4 Å². The number of hydrogen-bond donors (Lipinski definition) is 1. The zero-order chi connectivity index (χ0) is 22.1. The van der Waals surface area contributed by atoms with Crippen LogP contribution in [0.3, 0.4) is 0 Å². The first kappa shape index (κ1) is 20.8. The predicted octanol–water partition coefficient (Wildman–Crippen LogP) is 4.00. The SMILES string of the molecule is CCOc1ccc(-c2cc(C(=O)NC3CC(N4CC[C@H](F)C4)C3)c3ccccc3n2)cn1. The summed E-state index contributed by atoms with van der Waals surface area (Å²) >= 11 is 0. The maximum atomic E-state index is 13.5. The van der Waals surface area contributed by atoms with Gasteiger partial charge in [-0.3, -0.25) is 9.69 Å². The Kier molecular flexibility index (Phi) is 5.74. The number of para-hydroxylation sites is 1. The molecule has 1 saturated heterocycles. The van der Waals surface area contributed by atoms with Crippen molar-refractivity contribution in [2.45, 2.75) is 44.4 Å². The number of pyridine rings is 2. The van der Waals surface area contributed by atoms with Crippen molar-refractivity contribution in [3.63, 3.8) is 0 Å².